The van der Waals surface area contributed by atoms with Gasteiger partial charge in [-0.3, -0.25) is 29.3 Å². The number of nitrogens with one attached hydrogen (secondary N) is 2. The number of carbonyl (C=O) groups is 5. The monoisotopic (exact) mass is 1490 g/mol. The van der Waals surface area contributed by atoms with Crippen molar-refractivity contribution in [1.29, 1.82) is 0 Å². The minimum Gasteiger partial charge on any atom is -0.373 e. The Labute approximate surface area is 575 Å². The van der Waals surface area contributed by atoms with Gasteiger partial charge in [-0.2, -0.15) is 39.5 Å². The maximum Gasteiger partial charge on any atom is 0.451 e. The summed E-state index contributed by atoms with van der Waals surface area (Å²) in [5.41, 5.74) is 16.9. The van der Waals surface area contributed by atoms with E-state index in [4.69, 9.17) is 17.2 Å². The van der Waals surface area contributed by atoms with Gasteiger partial charge >= 0.3 is 18.5 Å². The number of alkyl halides is 9. The lowest BCUT2D eigenvalue weighted by Crippen LogP contribution is -2.46. The predicted octanol–water partition coefficient (Wildman–Crippen LogP) is 7.89. The number of primary amides is 2. The van der Waals surface area contributed by atoms with E-state index < -0.39 is 148 Å². The molecule has 104 heavy (non-hydrogen) atoms. The molecule has 0 spiro atoms. The molecule has 0 saturated carbocycles. The maximum absolute atomic E-state index is 14.4. The molecule has 3 aromatic heterocycles. The Bertz CT molecular complexity index is 4490. The van der Waals surface area contributed by atoms with E-state index in [1.165, 1.54) is 14.7 Å². The van der Waals surface area contributed by atoms with Gasteiger partial charge in [0, 0.05) is 101 Å². The number of amides is 5. The molecule has 22 nitrogen and oxygen atoms in total. The lowest BCUT2D eigenvalue weighted by molar-refractivity contribution is -0.149. The molecule has 0 unspecified atom stereocenters. The third-order valence-electron chi connectivity index (χ3n) is 16.4. The summed E-state index contributed by atoms with van der Waals surface area (Å²) in [4.78, 5) is 66.8. The van der Waals surface area contributed by atoms with Crippen molar-refractivity contribution >= 4 is 29.5 Å². The summed E-state index contributed by atoms with van der Waals surface area (Å²) < 4.78 is 243. The first-order valence-corrected chi connectivity index (χ1v) is 30.8. The SMILES string of the molecule is NC(=O)[C@@H](N/C(=C\C(=O)N1CCn2c(nnc2C(F)(F)F)C1)Cc1cc(F)c(F)cc1F)c1ccccc1.NC(=O)[C@@H](N[C@@H](CC(=O)N1CCn2c(nnc2C(F)(F)F)C1)Cc1cc(F)c(F)cc1F)c1ccccc1.N[C@@H](CC(=O)N1CCn2c(nnc2C(F)(F)F)C1)Cc1cc(F)c(F)cc1F. The van der Waals surface area contributed by atoms with Crippen LogP contribution in [0.15, 0.2) is 109 Å². The van der Waals surface area contributed by atoms with Crippen molar-refractivity contribution in [2.45, 2.75) is 114 Å². The molecule has 0 saturated heterocycles. The molecule has 0 fully saturated rings. The third kappa shape index (κ3) is 19.0. The van der Waals surface area contributed by atoms with Crippen molar-refractivity contribution in [1.82, 2.24) is 69.6 Å². The van der Waals surface area contributed by atoms with E-state index in [9.17, 15) is 103 Å². The van der Waals surface area contributed by atoms with Crippen LogP contribution in [-0.4, -0.2) is 120 Å². The molecule has 6 heterocycles. The van der Waals surface area contributed by atoms with E-state index >= 15 is 0 Å². The zero-order valence-corrected chi connectivity index (χ0v) is 53.5. The van der Waals surface area contributed by atoms with Gasteiger partial charge < -0.3 is 50.9 Å². The standard InChI is InChI=1S/C24H22F6N6O2.C24H20F6N6O2.C16H15F6N5O/c2*25-16-11-18(27)17(26)9-14(16)8-15(32-21(22(31)38)13-4-2-1-3-5-13)10-20(37)35-6-7-36-19(12-35)33-34-23(36)24(28,29)30;17-10-6-12(19)11(18)4-8(10)3-9(23)5-14(28)26-1-2-27-13(7-26)24-25-15(27)16(20,21)22/h1-5,9,11,15,21,32H,6-8,10,12H2,(H2,31,38);1-5,9-11,21,32H,6-8,12H2,(H2,31,38);4,6,9H,1-3,5,7,23H2/b;15-10-;/t15-,21+;21-;9-/m101/s1. The van der Waals surface area contributed by atoms with Crippen molar-refractivity contribution in [3.05, 3.63) is 224 Å². The van der Waals surface area contributed by atoms with Crippen LogP contribution in [0.5, 0.6) is 0 Å². The lowest BCUT2D eigenvalue weighted by Gasteiger charge is -2.31. The largest absolute Gasteiger partial charge is 0.451 e. The second-order valence-electron chi connectivity index (χ2n) is 23.7. The summed E-state index contributed by atoms with van der Waals surface area (Å²) in [6.45, 7) is -1.51. The van der Waals surface area contributed by atoms with Crippen LogP contribution in [-0.2, 0) is 101 Å². The zero-order valence-electron chi connectivity index (χ0n) is 53.5. The maximum atomic E-state index is 14.4. The lowest BCUT2D eigenvalue weighted by atomic mass is 9.98. The number of rotatable bonds is 19. The summed E-state index contributed by atoms with van der Waals surface area (Å²) >= 11 is 0. The molecule has 8 N–H and O–H groups in total. The van der Waals surface area contributed by atoms with Crippen molar-refractivity contribution in [3.8, 4) is 0 Å². The van der Waals surface area contributed by atoms with E-state index in [1.54, 1.807) is 60.7 Å². The molecule has 554 valence electrons. The molecule has 40 heteroatoms. The van der Waals surface area contributed by atoms with Crippen LogP contribution in [0, 0.1) is 52.4 Å². The van der Waals surface area contributed by atoms with Crippen LogP contribution in [0.1, 0.15) is 87.7 Å². The number of allylic oxidation sites excluding steroid dienone is 1. The normalized spacial score (nSPS) is 15.1. The van der Waals surface area contributed by atoms with Crippen LogP contribution in [0.25, 0.3) is 0 Å². The average Bonchev–Trinajstić information content (AvgIpc) is 1.63. The first-order valence-electron chi connectivity index (χ1n) is 30.8. The predicted molar refractivity (Wildman–Crippen MR) is 323 cm³/mol. The number of hydrogen-bond acceptors (Lipinski definition) is 14. The van der Waals surface area contributed by atoms with Crippen LogP contribution < -0.4 is 27.8 Å². The van der Waals surface area contributed by atoms with E-state index in [0.717, 1.165) is 19.8 Å². The average molecular weight is 1490 g/mol. The fraction of sp³-hybridized carbons (Fsp3) is 0.328. The summed E-state index contributed by atoms with van der Waals surface area (Å²) in [5.74, 6) is -18.1. The van der Waals surface area contributed by atoms with Crippen molar-refractivity contribution in [3.63, 3.8) is 0 Å². The molecular formula is C64H57F18N17O5. The number of benzene rings is 5. The zero-order chi connectivity index (χ0) is 75.9. The summed E-state index contributed by atoms with van der Waals surface area (Å²) in [6, 6.07) is 15.3. The molecule has 0 bridgehead atoms. The Morgan fingerprint density at radius 3 is 1.21 bits per heavy atom. The highest BCUT2D eigenvalue weighted by atomic mass is 19.4. The second-order valence-corrected chi connectivity index (χ2v) is 23.7. The van der Waals surface area contributed by atoms with Gasteiger partial charge in [-0.25, -0.2) is 39.5 Å². The molecule has 0 aliphatic carbocycles. The molecule has 4 atom stereocenters. The van der Waals surface area contributed by atoms with Crippen molar-refractivity contribution in [2.24, 2.45) is 17.2 Å². The van der Waals surface area contributed by atoms with Crippen LogP contribution >= 0.6 is 0 Å². The highest BCUT2D eigenvalue weighted by molar-refractivity contribution is 5.89. The molecule has 3 aliphatic heterocycles. The Morgan fingerprint density at radius 2 is 0.798 bits per heavy atom. The topological polar surface area (TPSA) is 289 Å². The molecule has 5 aromatic carbocycles. The fourth-order valence-corrected chi connectivity index (χ4v) is 11.3. The van der Waals surface area contributed by atoms with Gasteiger partial charge in [0.2, 0.25) is 47.0 Å². The Hall–Kier alpha value is -10.9. The van der Waals surface area contributed by atoms with Crippen molar-refractivity contribution < 1.29 is 103 Å². The van der Waals surface area contributed by atoms with Gasteiger partial charge in [0.15, 0.2) is 52.4 Å². The van der Waals surface area contributed by atoms with Gasteiger partial charge in [-0.15, -0.1) is 30.6 Å². The van der Waals surface area contributed by atoms with Crippen LogP contribution in [0.2, 0.25) is 0 Å². The Balaban J connectivity index is 0.000000183. The van der Waals surface area contributed by atoms with Gasteiger partial charge in [-0.05, 0) is 58.9 Å². The smallest absolute Gasteiger partial charge is 0.373 e. The number of aromatic nitrogens is 9. The number of halogens is 18. The highest BCUT2D eigenvalue weighted by Crippen LogP contribution is 2.33. The second kappa shape index (κ2) is 32.2. The fourth-order valence-electron chi connectivity index (χ4n) is 11.3. The number of nitrogens with two attached hydrogens (primary N) is 3. The highest BCUT2D eigenvalue weighted by Gasteiger charge is 2.43. The quantitative estimate of drug-likeness (QED) is 0.0292. The van der Waals surface area contributed by atoms with Gasteiger partial charge in [0.25, 0.3) is 0 Å². The van der Waals surface area contributed by atoms with E-state index in [2.05, 4.69) is 41.2 Å². The number of carbonyl (C=O) groups excluding carboxylic acids is 5. The molecule has 0 radical (unpaired) electrons. The molecule has 3 aliphatic rings. The summed E-state index contributed by atoms with van der Waals surface area (Å²) in [5, 5.41) is 25.7. The third-order valence-corrected chi connectivity index (χ3v) is 16.4. The van der Waals surface area contributed by atoms with Gasteiger partial charge in [0.1, 0.15) is 29.5 Å². The number of nitrogens with zero attached hydrogens (tertiary/aromatic N) is 12. The van der Waals surface area contributed by atoms with Crippen molar-refractivity contribution in [2.75, 3.05) is 19.6 Å². The summed E-state index contributed by atoms with van der Waals surface area (Å²) in [7, 11) is 0. The molecule has 5 amide bonds. The van der Waals surface area contributed by atoms with Crippen LogP contribution in [0.4, 0.5) is 79.0 Å². The Morgan fingerprint density at radius 1 is 0.442 bits per heavy atom. The minimum atomic E-state index is -4.72. The van der Waals surface area contributed by atoms with Gasteiger partial charge in [0.05, 0.1) is 19.6 Å². The molecule has 11 rings (SSSR count). The van der Waals surface area contributed by atoms with E-state index in [0.29, 0.717) is 47.5 Å². The van der Waals surface area contributed by atoms with Gasteiger partial charge in [-0.1, -0.05) is 60.7 Å². The first-order chi connectivity index (χ1) is 48.9. The summed E-state index contributed by atoms with van der Waals surface area (Å²) in [6.07, 6.45) is -14.7. The van der Waals surface area contributed by atoms with E-state index in [1.807, 2.05) is 0 Å². The molecular weight excluding hydrogens is 1430 g/mol. The Kier molecular flexibility index (Phi) is 23.9. The van der Waals surface area contributed by atoms with E-state index in [-0.39, 0.29) is 124 Å². The minimum absolute atomic E-state index is 0.000783. The number of hydrogen-bond donors (Lipinski definition) is 5. The first kappa shape index (κ1) is 77.2. The molecule has 8 aromatic rings. The van der Waals surface area contributed by atoms with Crippen LogP contribution in [0.3, 0.4) is 0 Å². The number of fused-ring (bicyclic) bond motifs is 3.